The number of amides is 1. The summed E-state index contributed by atoms with van der Waals surface area (Å²) in [4.78, 5) is 22.8. The summed E-state index contributed by atoms with van der Waals surface area (Å²) in [6, 6.07) is 10.6. The summed E-state index contributed by atoms with van der Waals surface area (Å²) in [5.74, 6) is 0.461. The van der Waals surface area contributed by atoms with E-state index in [-0.39, 0.29) is 18.3 Å². The van der Waals surface area contributed by atoms with Crippen LogP contribution in [-0.4, -0.2) is 54.7 Å². The summed E-state index contributed by atoms with van der Waals surface area (Å²) < 4.78 is 5.75. The average molecular weight is 348 g/mol. The minimum atomic E-state index is -0.250. The Hall–Kier alpha value is -1.92. The highest BCUT2D eigenvalue weighted by Crippen LogP contribution is 2.21. The fraction of sp³-hybridized carbons (Fsp3) is 0.579. The molecule has 2 aliphatic heterocycles. The van der Waals surface area contributed by atoms with E-state index in [2.05, 4.69) is 22.3 Å². The molecule has 1 amide bonds. The number of nitrogens with one attached hydrogen (secondary N) is 1. The van der Waals surface area contributed by atoms with E-state index < -0.39 is 0 Å². The van der Waals surface area contributed by atoms with Crippen LogP contribution in [0.15, 0.2) is 30.3 Å². The van der Waals surface area contributed by atoms with Crippen molar-refractivity contribution in [1.29, 1.82) is 0 Å². The molecule has 1 aromatic carbocycles. The first kappa shape index (κ1) is 19.4. The number of rotatable bonds is 6. The maximum atomic E-state index is 12.0. The molecule has 25 heavy (non-hydrogen) atoms. The van der Waals surface area contributed by atoms with Crippen LogP contribution in [0, 0.1) is 5.92 Å². The fourth-order valence-corrected chi connectivity index (χ4v) is 3.48. The Kier molecular flexibility index (Phi) is 8.42. The third-order valence-corrected chi connectivity index (χ3v) is 4.65. The molecule has 0 aromatic heterocycles. The lowest BCUT2D eigenvalue weighted by Gasteiger charge is -2.27. The highest BCUT2D eigenvalue weighted by atomic mass is 16.5. The summed E-state index contributed by atoms with van der Waals surface area (Å²) in [5, 5.41) is 10.1. The van der Waals surface area contributed by atoms with Gasteiger partial charge < -0.3 is 20.1 Å². The van der Waals surface area contributed by atoms with Crippen LogP contribution in [0.25, 0.3) is 0 Å². The highest BCUT2D eigenvalue weighted by Gasteiger charge is 2.31. The minimum absolute atomic E-state index is 0.192. The van der Waals surface area contributed by atoms with Gasteiger partial charge in [0.15, 0.2) is 0 Å². The Morgan fingerprint density at radius 2 is 2.00 bits per heavy atom. The molecule has 0 radical (unpaired) electrons. The number of likely N-dealkylation sites (tertiary alicyclic amines) is 1. The first-order chi connectivity index (χ1) is 12.2. The summed E-state index contributed by atoms with van der Waals surface area (Å²) in [7, 11) is 0. The van der Waals surface area contributed by atoms with Gasteiger partial charge >= 0.3 is 0 Å². The topological polar surface area (TPSA) is 78.9 Å². The number of benzene rings is 1. The van der Waals surface area contributed by atoms with Crippen LogP contribution >= 0.6 is 0 Å². The Balaban J connectivity index is 0.000000701. The molecule has 2 atom stereocenters. The maximum Gasteiger partial charge on any atom is 0.290 e. The number of hydrogen-bond acceptors (Lipinski definition) is 4. The van der Waals surface area contributed by atoms with Gasteiger partial charge in [-0.3, -0.25) is 9.59 Å². The number of carbonyl (C=O) groups is 2. The number of ether oxygens (including phenoxy) is 1. The van der Waals surface area contributed by atoms with Crippen molar-refractivity contribution in [3.05, 3.63) is 35.9 Å². The number of fused-ring (bicyclic) bond motifs is 3. The molecule has 6 nitrogen and oxygen atoms in total. The van der Waals surface area contributed by atoms with E-state index in [4.69, 9.17) is 14.6 Å². The van der Waals surface area contributed by atoms with Crippen LogP contribution in [-0.2, 0) is 20.9 Å². The molecule has 1 aromatic rings. The Morgan fingerprint density at radius 1 is 1.24 bits per heavy atom. The van der Waals surface area contributed by atoms with Gasteiger partial charge in [0, 0.05) is 32.3 Å². The van der Waals surface area contributed by atoms with Crippen molar-refractivity contribution < 1.29 is 19.4 Å². The van der Waals surface area contributed by atoms with Crippen molar-refractivity contribution in [3.8, 4) is 0 Å². The highest BCUT2D eigenvalue weighted by molar-refractivity contribution is 5.79. The molecular formula is C19H28N2O4. The van der Waals surface area contributed by atoms with Crippen molar-refractivity contribution >= 4 is 12.4 Å². The van der Waals surface area contributed by atoms with E-state index in [1.54, 1.807) is 0 Å². The van der Waals surface area contributed by atoms with Crippen molar-refractivity contribution in [3.63, 3.8) is 0 Å². The standard InChI is InChI=1S/C18H26N2O2.CH2O2/c21-18-16-8-4-9-17(19-18)13-20(12-16)10-5-11-22-14-15-6-2-1-3-7-15;2-1-3/h1-3,6-7,16-17H,4-5,8-14H2,(H,19,21);1H,(H,2,3)/t16-,17+;/m1./s1. The summed E-state index contributed by atoms with van der Waals surface area (Å²) >= 11 is 0. The third-order valence-electron chi connectivity index (χ3n) is 4.65. The zero-order valence-corrected chi connectivity index (χ0v) is 14.6. The molecular weight excluding hydrogens is 320 g/mol. The Labute approximate surface area is 149 Å². The summed E-state index contributed by atoms with van der Waals surface area (Å²) in [5.41, 5.74) is 1.22. The normalized spacial score (nSPS) is 23.0. The van der Waals surface area contributed by atoms with Gasteiger partial charge in [-0.1, -0.05) is 36.8 Å². The van der Waals surface area contributed by atoms with E-state index >= 15 is 0 Å². The predicted molar refractivity (Wildman–Crippen MR) is 95.1 cm³/mol. The van der Waals surface area contributed by atoms with E-state index in [0.29, 0.717) is 12.6 Å². The van der Waals surface area contributed by atoms with Crippen LogP contribution in [0.4, 0.5) is 0 Å². The van der Waals surface area contributed by atoms with Crippen LogP contribution in [0.1, 0.15) is 31.2 Å². The van der Waals surface area contributed by atoms with Gasteiger partial charge in [-0.25, -0.2) is 0 Å². The van der Waals surface area contributed by atoms with Crippen LogP contribution < -0.4 is 5.32 Å². The monoisotopic (exact) mass is 348 g/mol. The molecule has 2 bridgehead atoms. The van der Waals surface area contributed by atoms with E-state index in [1.165, 1.54) is 12.0 Å². The van der Waals surface area contributed by atoms with Crippen molar-refractivity contribution in [2.75, 3.05) is 26.2 Å². The van der Waals surface area contributed by atoms with Gasteiger partial charge in [0.25, 0.3) is 6.47 Å². The smallest absolute Gasteiger partial charge is 0.290 e. The lowest BCUT2D eigenvalue weighted by Crippen LogP contribution is -2.39. The number of nitrogens with zero attached hydrogens (tertiary/aromatic N) is 1. The molecule has 2 fully saturated rings. The van der Waals surface area contributed by atoms with Gasteiger partial charge in [-0.05, 0) is 24.8 Å². The maximum absolute atomic E-state index is 12.0. The molecule has 138 valence electrons. The molecule has 3 rings (SSSR count). The Bertz CT molecular complexity index is 523. The molecule has 0 spiro atoms. The average Bonchev–Trinajstić information content (AvgIpc) is 2.85. The lowest BCUT2D eigenvalue weighted by molar-refractivity contribution is -0.125. The fourth-order valence-electron chi connectivity index (χ4n) is 3.48. The number of hydrogen-bond donors (Lipinski definition) is 2. The van der Waals surface area contributed by atoms with Gasteiger partial charge in [0.2, 0.25) is 5.91 Å². The van der Waals surface area contributed by atoms with Gasteiger partial charge in [0.05, 0.1) is 12.5 Å². The predicted octanol–water partition coefficient (Wildman–Crippen LogP) is 1.89. The first-order valence-electron chi connectivity index (χ1n) is 8.95. The van der Waals surface area contributed by atoms with E-state index in [1.807, 2.05) is 18.2 Å². The summed E-state index contributed by atoms with van der Waals surface area (Å²) in [6.07, 6.45) is 4.38. The van der Waals surface area contributed by atoms with Gasteiger partial charge in [-0.15, -0.1) is 0 Å². The second-order valence-corrected chi connectivity index (χ2v) is 6.59. The first-order valence-corrected chi connectivity index (χ1v) is 8.95. The molecule has 0 unspecified atom stereocenters. The molecule has 2 aliphatic rings. The zero-order valence-electron chi connectivity index (χ0n) is 14.6. The van der Waals surface area contributed by atoms with Crippen LogP contribution in [0.2, 0.25) is 0 Å². The number of carbonyl (C=O) groups excluding carboxylic acids is 1. The van der Waals surface area contributed by atoms with Gasteiger partial charge in [-0.2, -0.15) is 0 Å². The van der Waals surface area contributed by atoms with Crippen LogP contribution in [0.3, 0.4) is 0 Å². The molecule has 2 heterocycles. The SMILES string of the molecule is O=C1N[C@H]2CCC[C@@H]1CN(CCCOCc1ccccc1)C2.O=CO. The van der Waals surface area contributed by atoms with Gasteiger partial charge in [0.1, 0.15) is 0 Å². The molecule has 2 saturated heterocycles. The lowest BCUT2D eigenvalue weighted by atomic mass is 9.99. The van der Waals surface area contributed by atoms with Crippen molar-refractivity contribution in [2.24, 2.45) is 5.92 Å². The quantitative estimate of drug-likeness (QED) is 0.606. The minimum Gasteiger partial charge on any atom is -0.483 e. The molecule has 2 N–H and O–H groups in total. The Morgan fingerprint density at radius 3 is 2.76 bits per heavy atom. The van der Waals surface area contributed by atoms with Crippen LogP contribution in [0.5, 0.6) is 0 Å². The molecule has 0 aliphatic carbocycles. The molecule has 6 heteroatoms. The second-order valence-electron chi connectivity index (χ2n) is 6.59. The largest absolute Gasteiger partial charge is 0.483 e. The van der Waals surface area contributed by atoms with E-state index in [0.717, 1.165) is 45.5 Å². The molecule has 0 saturated carbocycles. The second kappa shape index (κ2) is 10.8. The summed E-state index contributed by atoms with van der Waals surface area (Å²) in [6.45, 7) is 4.16. The van der Waals surface area contributed by atoms with Crippen molar-refractivity contribution in [1.82, 2.24) is 10.2 Å². The zero-order chi connectivity index (χ0) is 17.9. The van der Waals surface area contributed by atoms with Crippen molar-refractivity contribution in [2.45, 2.75) is 38.3 Å². The van der Waals surface area contributed by atoms with E-state index in [9.17, 15) is 4.79 Å². The third kappa shape index (κ3) is 6.84. The number of carboxylic acid groups (broad SMARTS) is 1.